The fourth-order valence-corrected chi connectivity index (χ4v) is 6.66. The number of amides is 1. The van der Waals surface area contributed by atoms with Crippen molar-refractivity contribution in [1.29, 1.82) is 0 Å². The Hall–Kier alpha value is -1.26. The molecule has 1 unspecified atom stereocenters. The second kappa shape index (κ2) is 8.59. The maximum absolute atomic E-state index is 12.4. The fourth-order valence-electron chi connectivity index (χ4n) is 6.66. The number of carboxylic acid groups (broad SMARTS) is 1. The maximum Gasteiger partial charge on any atom is 0.308 e. The molecule has 0 aromatic carbocycles. The Morgan fingerprint density at radius 3 is 2.32 bits per heavy atom. The average molecular weight is 439 g/mol. The minimum Gasteiger partial charge on any atom is -0.481 e. The largest absolute Gasteiger partial charge is 0.481 e. The van der Waals surface area contributed by atoms with Crippen molar-refractivity contribution in [2.75, 3.05) is 39.4 Å². The molecule has 6 rings (SSSR count). The molecule has 174 valence electrons. The molecule has 9 nitrogen and oxygen atoms in total. The van der Waals surface area contributed by atoms with Crippen LogP contribution < -0.4 is 5.32 Å². The first-order valence-corrected chi connectivity index (χ1v) is 11.8. The molecular formula is C22H34N2O7. The molecule has 1 amide bonds. The number of rotatable bonds is 8. The molecule has 2 N–H and O–H groups in total. The SMILES string of the molecule is O=C(O)CC1(CCC(=O)NCCN2CCOCC2)OOC2(O1)C1CC3CC(C1)CC2C3. The van der Waals surface area contributed by atoms with Gasteiger partial charge in [-0.05, 0) is 43.9 Å². The second-order valence-electron chi connectivity index (χ2n) is 10.1. The van der Waals surface area contributed by atoms with Gasteiger partial charge in [-0.15, -0.1) is 0 Å². The monoisotopic (exact) mass is 438 g/mol. The van der Waals surface area contributed by atoms with Crippen LogP contribution in [0.4, 0.5) is 0 Å². The molecule has 4 bridgehead atoms. The van der Waals surface area contributed by atoms with Crippen LogP contribution in [-0.2, 0) is 28.8 Å². The summed E-state index contributed by atoms with van der Waals surface area (Å²) < 4.78 is 11.8. The predicted molar refractivity (Wildman–Crippen MR) is 108 cm³/mol. The van der Waals surface area contributed by atoms with E-state index in [2.05, 4.69) is 10.2 Å². The van der Waals surface area contributed by atoms with Crippen molar-refractivity contribution in [1.82, 2.24) is 10.2 Å². The summed E-state index contributed by atoms with van der Waals surface area (Å²) in [7, 11) is 0. The van der Waals surface area contributed by atoms with E-state index in [1.54, 1.807) is 0 Å². The minimum absolute atomic E-state index is 0.128. The van der Waals surface area contributed by atoms with Crippen molar-refractivity contribution in [2.45, 2.75) is 62.9 Å². The van der Waals surface area contributed by atoms with Crippen LogP contribution >= 0.6 is 0 Å². The first-order chi connectivity index (χ1) is 15.0. The van der Waals surface area contributed by atoms with Gasteiger partial charge in [-0.3, -0.25) is 14.5 Å². The number of ether oxygens (including phenoxy) is 2. The summed E-state index contributed by atoms with van der Waals surface area (Å²) in [6.45, 7) is 4.54. The molecule has 1 spiro atoms. The van der Waals surface area contributed by atoms with Crippen LogP contribution in [0.1, 0.15) is 51.4 Å². The number of hydrogen-bond acceptors (Lipinski definition) is 7. The fraction of sp³-hybridized carbons (Fsp3) is 0.909. The van der Waals surface area contributed by atoms with Crippen molar-refractivity contribution in [3.05, 3.63) is 0 Å². The molecular weight excluding hydrogens is 404 g/mol. The molecule has 6 aliphatic rings. The van der Waals surface area contributed by atoms with Crippen LogP contribution in [0.5, 0.6) is 0 Å². The highest BCUT2D eigenvalue weighted by Crippen LogP contribution is 2.63. The van der Waals surface area contributed by atoms with Gasteiger partial charge in [0.2, 0.25) is 17.5 Å². The first kappa shape index (κ1) is 21.6. The third kappa shape index (κ3) is 4.35. The summed E-state index contributed by atoms with van der Waals surface area (Å²) in [6, 6.07) is 0. The zero-order chi connectivity index (χ0) is 21.5. The number of nitrogens with zero attached hydrogens (tertiary/aromatic N) is 1. The number of morpholine rings is 1. The Morgan fingerprint density at radius 1 is 1.00 bits per heavy atom. The lowest BCUT2D eigenvalue weighted by molar-refractivity contribution is -0.389. The van der Waals surface area contributed by atoms with Gasteiger partial charge in [0, 0.05) is 50.9 Å². The molecule has 6 fully saturated rings. The van der Waals surface area contributed by atoms with Gasteiger partial charge in [-0.2, -0.15) is 9.78 Å². The van der Waals surface area contributed by atoms with Crippen molar-refractivity contribution < 1.29 is 33.9 Å². The van der Waals surface area contributed by atoms with Gasteiger partial charge in [-0.1, -0.05) is 0 Å². The third-order valence-corrected chi connectivity index (χ3v) is 7.95. The van der Waals surface area contributed by atoms with Gasteiger partial charge in [0.1, 0.15) is 6.42 Å². The number of hydrogen-bond donors (Lipinski definition) is 2. The first-order valence-electron chi connectivity index (χ1n) is 11.8. The van der Waals surface area contributed by atoms with Crippen LogP contribution in [0.2, 0.25) is 0 Å². The molecule has 1 atom stereocenters. The number of carboxylic acids is 1. The van der Waals surface area contributed by atoms with Crippen LogP contribution in [0.3, 0.4) is 0 Å². The Labute approximate surface area is 182 Å². The lowest BCUT2D eigenvalue weighted by Crippen LogP contribution is -2.59. The summed E-state index contributed by atoms with van der Waals surface area (Å²) in [4.78, 5) is 37.8. The third-order valence-electron chi connectivity index (χ3n) is 7.95. The number of carbonyl (C=O) groups excluding carboxylic acids is 1. The number of nitrogens with one attached hydrogen (secondary N) is 1. The van der Waals surface area contributed by atoms with Crippen LogP contribution in [-0.4, -0.2) is 72.8 Å². The molecule has 9 heteroatoms. The average Bonchev–Trinajstić information content (AvgIpc) is 3.11. The van der Waals surface area contributed by atoms with Gasteiger partial charge < -0.3 is 19.9 Å². The predicted octanol–water partition coefficient (Wildman–Crippen LogP) is 1.52. The van der Waals surface area contributed by atoms with E-state index in [4.69, 9.17) is 19.2 Å². The van der Waals surface area contributed by atoms with E-state index in [9.17, 15) is 14.7 Å². The Bertz CT molecular complexity index is 667. The van der Waals surface area contributed by atoms with E-state index in [0.717, 1.165) is 70.4 Å². The Kier molecular flexibility index (Phi) is 5.98. The highest BCUT2D eigenvalue weighted by atomic mass is 17.3. The zero-order valence-corrected chi connectivity index (χ0v) is 18.1. The van der Waals surface area contributed by atoms with E-state index < -0.39 is 17.5 Å². The van der Waals surface area contributed by atoms with E-state index in [1.165, 1.54) is 6.42 Å². The lowest BCUT2D eigenvalue weighted by atomic mass is 9.53. The smallest absolute Gasteiger partial charge is 0.308 e. The topological polar surface area (TPSA) is 107 Å². The number of carbonyl (C=O) groups is 2. The Morgan fingerprint density at radius 2 is 1.68 bits per heavy atom. The molecule has 2 heterocycles. The quantitative estimate of drug-likeness (QED) is 0.550. The minimum atomic E-state index is -1.40. The van der Waals surface area contributed by atoms with Crippen LogP contribution in [0, 0.1) is 23.7 Å². The molecule has 2 aliphatic heterocycles. The van der Waals surface area contributed by atoms with Crippen LogP contribution in [0.25, 0.3) is 0 Å². The maximum atomic E-state index is 12.4. The zero-order valence-electron chi connectivity index (χ0n) is 18.1. The molecule has 4 saturated carbocycles. The van der Waals surface area contributed by atoms with Crippen molar-refractivity contribution in [2.24, 2.45) is 23.7 Å². The van der Waals surface area contributed by atoms with Gasteiger partial charge in [0.15, 0.2) is 0 Å². The Balaban J connectivity index is 1.17. The van der Waals surface area contributed by atoms with Gasteiger partial charge in [0.05, 0.1) is 13.2 Å². The highest BCUT2D eigenvalue weighted by Gasteiger charge is 2.66. The van der Waals surface area contributed by atoms with E-state index in [-0.39, 0.29) is 37.0 Å². The summed E-state index contributed by atoms with van der Waals surface area (Å²) >= 11 is 0. The second-order valence-corrected chi connectivity index (χ2v) is 10.1. The van der Waals surface area contributed by atoms with Crippen molar-refractivity contribution in [3.8, 4) is 0 Å². The van der Waals surface area contributed by atoms with E-state index in [0.29, 0.717) is 6.54 Å². The van der Waals surface area contributed by atoms with Crippen molar-refractivity contribution in [3.63, 3.8) is 0 Å². The number of aliphatic carboxylic acids is 1. The summed E-state index contributed by atoms with van der Waals surface area (Å²) in [5.41, 5.74) is 0. The molecule has 0 aromatic heterocycles. The summed E-state index contributed by atoms with van der Waals surface area (Å²) in [6.07, 6.45) is 5.50. The normalized spacial score (nSPS) is 41.7. The lowest BCUT2D eigenvalue weighted by Gasteiger charge is -2.57. The van der Waals surface area contributed by atoms with Gasteiger partial charge >= 0.3 is 5.97 Å². The molecule has 0 aromatic rings. The highest BCUT2D eigenvalue weighted by molar-refractivity contribution is 5.76. The molecule has 0 radical (unpaired) electrons. The van der Waals surface area contributed by atoms with E-state index >= 15 is 0 Å². The van der Waals surface area contributed by atoms with Crippen LogP contribution in [0.15, 0.2) is 0 Å². The van der Waals surface area contributed by atoms with E-state index in [1.807, 2.05) is 0 Å². The molecule has 2 saturated heterocycles. The molecule has 31 heavy (non-hydrogen) atoms. The summed E-state index contributed by atoms with van der Waals surface area (Å²) in [5, 5.41) is 12.4. The van der Waals surface area contributed by atoms with Gasteiger partial charge in [0.25, 0.3) is 0 Å². The molecule has 4 aliphatic carbocycles. The van der Waals surface area contributed by atoms with Gasteiger partial charge in [-0.25, -0.2) is 0 Å². The standard InChI is InChI=1S/C22H34N2O7/c25-19(23-3-4-24-5-7-28-8-6-24)1-2-21(14-20(26)27)29-22(31-30-21)17-10-15-9-16(12-17)13-18(22)11-15/h15-18H,1-14H2,(H,23,25)(H,26,27). The summed E-state index contributed by atoms with van der Waals surface area (Å²) in [5.74, 6) is -1.42. The van der Waals surface area contributed by atoms with Crippen molar-refractivity contribution >= 4 is 11.9 Å².